The standard InChI is InChI=1S/C22H30N6OS.ClH/c1-17-13-21(28(24-17)18-5-3-2-4-6-18)26-9-7-25(8-10-26)19-14-20(23-15-19)22(29)27-11-12-30-16-27;/h2-6,13,19-20,23H,7-12,14-16H2,1H3;1H/t19-,20?;/m0./s1. The molecule has 2 atom stereocenters. The van der Waals surface area contributed by atoms with E-state index in [1.165, 1.54) is 5.82 Å². The number of nitrogens with zero attached hydrogens (tertiary/aromatic N) is 5. The molecule has 168 valence electrons. The van der Waals surface area contributed by atoms with Crippen LogP contribution in [0.15, 0.2) is 36.4 Å². The molecule has 1 aromatic heterocycles. The molecular weight excluding hydrogens is 432 g/mol. The van der Waals surface area contributed by atoms with E-state index in [4.69, 9.17) is 5.10 Å². The van der Waals surface area contributed by atoms with Gasteiger partial charge in [0.15, 0.2) is 0 Å². The predicted molar refractivity (Wildman–Crippen MR) is 129 cm³/mol. The molecule has 2 aromatic rings. The van der Waals surface area contributed by atoms with E-state index >= 15 is 0 Å². The monoisotopic (exact) mass is 462 g/mol. The highest BCUT2D eigenvalue weighted by Gasteiger charge is 2.36. The quantitative estimate of drug-likeness (QED) is 0.750. The van der Waals surface area contributed by atoms with Crippen molar-refractivity contribution in [3.8, 4) is 5.69 Å². The third-order valence-corrected chi connectivity index (χ3v) is 7.40. The van der Waals surface area contributed by atoms with Crippen LogP contribution in [-0.2, 0) is 4.79 Å². The number of aromatic nitrogens is 2. The fourth-order valence-electron chi connectivity index (χ4n) is 4.78. The topological polar surface area (TPSA) is 56.6 Å². The van der Waals surface area contributed by atoms with Gasteiger partial charge in [-0.05, 0) is 25.5 Å². The second kappa shape index (κ2) is 9.81. The van der Waals surface area contributed by atoms with Crippen molar-refractivity contribution in [3.63, 3.8) is 0 Å². The summed E-state index contributed by atoms with van der Waals surface area (Å²) in [6.07, 6.45) is 0.932. The third-order valence-electron chi connectivity index (χ3n) is 6.44. The van der Waals surface area contributed by atoms with Crippen molar-refractivity contribution in [2.75, 3.05) is 55.8 Å². The second-order valence-corrected chi connectivity index (χ2v) is 9.48. The van der Waals surface area contributed by atoms with E-state index < -0.39 is 0 Å². The van der Waals surface area contributed by atoms with Gasteiger partial charge in [0, 0.05) is 57.1 Å². The van der Waals surface area contributed by atoms with Crippen molar-refractivity contribution in [3.05, 3.63) is 42.1 Å². The molecule has 0 aliphatic carbocycles. The molecule has 1 unspecified atom stereocenters. The molecule has 3 aliphatic rings. The minimum absolute atomic E-state index is 0. The first-order chi connectivity index (χ1) is 14.7. The number of piperazine rings is 1. The highest BCUT2D eigenvalue weighted by molar-refractivity contribution is 7.99. The van der Waals surface area contributed by atoms with Gasteiger partial charge in [0.05, 0.1) is 23.3 Å². The lowest BCUT2D eigenvalue weighted by molar-refractivity contribution is -0.131. The summed E-state index contributed by atoms with van der Waals surface area (Å²) in [6, 6.07) is 13.0. The summed E-state index contributed by atoms with van der Waals surface area (Å²) < 4.78 is 2.06. The largest absolute Gasteiger partial charge is 0.354 e. The molecule has 3 saturated heterocycles. The van der Waals surface area contributed by atoms with Gasteiger partial charge < -0.3 is 15.1 Å². The van der Waals surface area contributed by atoms with Crippen LogP contribution in [0.2, 0.25) is 0 Å². The molecule has 0 saturated carbocycles. The van der Waals surface area contributed by atoms with Gasteiger partial charge in [-0.2, -0.15) is 5.10 Å². The number of amides is 1. The number of halogens is 1. The molecule has 31 heavy (non-hydrogen) atoms. The maximum atomic E-state index is 12.7. The van der Waals surface area contributed by atoms with E-state index in [2.05, 4.69) is 57.1 Å². The van der Waals surface area contributed by atoms with Crippen molar-refractivity contribution < 1.29 is 4.79 Å². The maximum absolute atomic E-state index is 12.7. The molecule has 5 rings (SSSR count). The number of benzene rings is 1. The van der Waals surface area contributed by atoms with Crippen LogP contribution in [0.1, 0.15) is 12.1 Å². The molecule has 1 aromatic carbocycles. The maximum Gasteiger partial charge on any atom is 0.240 e. The smallest absolute Gasteiger partial charge is 0.240 e. The molecule has 3 fully saturated rings. The SMILES string of the molecule is Cc1cc(N2CCN([C@@H]3CNC(C(=O)N4CCSC4)C3)CC2)n(-c2ccccc2)n1.Cl. The predicted octanol–water partition coefficient (Wildman–Crippen LogP) is 1.99. The summed E-state index contributed by atoms with van der Waals surface area (Å²) >= 11 is 1.85. The van der Waals surface area contributed by atoms with E-state index in [-0.39, 0.29) is 18.4 Å². The number of hydrogen-bond acceptors (Lipinski definition) is 6. The summed E-state index contributed by atoms with van der Waals surface area (Å²) in [5.74, 6) is 3.39. The van der Waals surface area contributed by atoms with Gasteiger partial charge in [-0.3, -0.25) is 9.69 Å². The zero-order chi connectivity index (χ0) is 20.5. The number of carbonyl (C=O) groups excluding carboxylic acids is 1. The zero-order valence-corrected chi connectivity index (χ0v) is 19.6. The molecule has 1 N–H and O–H groups in total. The Morgan fingerprint density at radius 3 is 2.61 bits per heavy atom. The number of nitrogens with one attached hydrogen (secondary N) is 1. The molecule has 0 bridgehead atoms. The van der Waals surface area contributed by atoms with Crippen molar-refractivity contribution in [2.24, 2.45) is 0 Å². The molecule has 7 nitrogen and oxygen atoms in total. The normalized spacial score (nSPS) is 24.4. The van der Waals surface area contributed by atoms with Crippen LogP contribution >= 0.6 is 24.2 Å². The van der Waals surface area contributed by atoms with E-state index in [0.29, 0.717) is 11.9 Å². The lowest BCUT2D eigenvalue weighted by atomic mass is 10.1. The first-order valence-corrected chi connectivity index (χ1v) is 12.1. The van der Waals surface area contributed by atoms with Crippen LogP contribution < -0.4 is 10.2 Å². The van der Waals surface area contributed by atoms with Crippen molar-refractivity contribution >= 4 is 35.9 Å². The fraction of sp³-hybridized carbons (Fsp3) is 0.545. The Hall–Kier alpha value is -1.74. The summed E-state index contributed by atoms with van der Waals surface area (Å²) in [4.78, 5) is 19.7. The number of para-hydroxylation sites is 1. The van der Waals surface area contributed by atoms with Crippen LogP contribution in [-0.4, -0.2) is 88.5 Å². The van der Waals surface area contributed by atoms with Gasteiger partial charge in [0.1, 0.15) is 5.82 Å². The molecule has 0 radical (unpaired) electrons. The van der Waals surface area contributed by atoms with E-state index in [9.17, 15) is 4.79 Å². The van der Waals surface area contributed by atoms with Crippen LogP contribution in [0, 0.1) is 6.92 Å². The number of thioether (sulfide) groups is 1. The Labute approximate surface area is 194 Å². The van der Waals surface area contributed by atoms with Gasteiger partial charge >= 0.3 is 0 Å². The van der Waals surface area contributed by atoms with Gasteiger partial charge in [-0.15, -0.1) is 24.2 Å². The van der Waals surface area contributed by atoms with Gasteiger partial charge in [-0.25, -0.2) is 4.68 Å². The Bertz CT molecular complexity index is 879. The van der Waals surface area contributed by atoms with Crippen molar-refractivity contribution in [2.45, 2.75) is 25.4 Å². The summed E-state index contributed by atoms with van der Waals surface area (Å²) in [7, 11) is 0. The average molecular weight is 463 g/mol. The number of rotatable bonds is 4. The lowest BCUT2D eigenvalue weighted by Crippen LogP contribution is -2.51. The average Bonchev–Trinajstić information content (AvgIpc) is 3.55. The number of carbonyl (C=O) groups is 1. The van der Waals surface area contributed by atoms with Crippen LogP contribution in [0.3, 0.4) is 0 Å². The highest BCUT2D eigenvalue weighted by atomic mass is 35.5. The second-order valence-electron chi connectivity index (χ2n) is 8.40. The molecule has 3 aliphatic heterocycles. The number of aryl methyl sites for hydroxylation is 1. The highest BCUT2D eigenvalue weighted by Crippen LogP contribution is 2.25. The fourth-order valence-corrected chi connectivity index (χ4v) is 5.73. The molecular formula is C22H31ClN6OS. The van der Waals surface area contributed by atoms with Gasteiger partial charge in [0.2, 0.25) is 5.91 Å². The Balaban J connectivity index is 0.00000231. The molecule has 1 amide bonds. The summed E-state index contributed by atoms with van der Waals surface area (Å²) in [5.41, 5.74) is 2.14. The summed E-state index contributed by atoms with van der Waals surface area (Å²) in [5, 5.41) is 8.21. The first kappa shape index (κ1) is 22.5. The van der Waals surface area contributed by atoms with Crippen LogP contribution in [0.25, 0.3) is 5.69 Å². The lowest BCUT2D eigenvalue weighted by Gasteiger charge is -2.38. The molecule has 9 heteroatoms. The zero-order valence-electron chi connectivity index (χ0n) is 17.9. The molecule has 4 heterocycles. The van der Waals surface area contributed by atoms with Crippen molar-refractivity contribution in [1.29, 1.82) is 0 Å². The minimum atomic E-state index is -0.00566. The third kappa shape index (κ3) is 4.72. The Kier molecular flexibility index (Phi) is 7.11. The number of hydrogen-bond donors (Lipinski definition) is 1. The summed E-state index contributed by atoms with van der Waals surface area (Å²) in [6.45, 7) is 7.88. The van der Waals surface area contributed by atoms with Crippen LogP contribution in [0.5, 0.6) is 0 Å². The van der Waals surface area contributed by atoms with Crippen molar-refractivity contribution in [1.82, 2.24) is 24.9 Å². The van der Waals surface area contributed by atoms with Gasteiger partial charge in [0.25, 0.3) is 0 Å². The first-order valence-electron chi connectivity index (χ1n) is 10.9. The minimum Gasteiger partial charge on any atom is -0.354 e. The Morgan fingerprint density at radius 2 is 1.90 bits per heavy atom. The van der Waals surface area contributed by atoms with E-state index in [1.807, 2.05) is 22.7 Å². The van der Waals surface area contributed by atoms with E-state index in [1.54, 1.807) is 0 Å². The van der Waals surface area contributed by atoms with Gasteiger partial charge in [-0.1, -0.05) is 18.2 Å². The van der Waals surface area contributed by atoms with Crippen LogP contribution in [0.4, 0.5) is 5.82 Å². The van der Waals surface area contributed by atoms with E-state index in [0.717, 1.165) is 68.7 Å². The molecule has 0 spiro atoms. The number of anilines is 1. The Morgan fingerprint density at radius 1 is 1.13 bits per heavy atom.